The Morgan fingerprint density at radius 3 is 1.33 bits per heavy atom. The minimum atomic E-state index is 0. The second-order valence-corrected chi connectivity index (χ2v) is 3.95. The third kappa shape index (κ3) is 2.86. The zero-order valence-corrected chi connectivity index (χ0v) is 9.28. The van der Waals surface area contributed by atoms with E-state index < -0.39 is 0 Å². The topological polar surface area (TPSA) is 9.23 Å². The SMILES string of the molecule is C1CCC(OC2CCCC2)C1.[Ti]. The van der Waals surface area contributed by atoms with Crippen LogP contribution in [-0.2, 0) is 26.5 Å². The zero-order valence-electron chi connectivity index (χ0n) is 7.72. The van der Waals surface area contributed by atoms with E-state index in [1.807, 2.05) is 0 Å². The second-order valence-electron chi connectivity index (χ2n) is 3.95. The third-order valence-electron chi connectivity index (χ3n) is 2.99. The van der Waals surface area contributed by atoms with Crippen molar-refractivity contribution in [2.24, 2.45) is 0 Å². The molecular weight excluding hydrogens is 184 g/mol. The molecule has 0 atom stereocenters. The summed E-state index contributed by atoms with van der Waals surface area (Å²) < 4.78 is 5.97. The first-order valence-corrected chi connectivity index (χ1v) is 5.10. The van der Waals surface area contributed by atoms with Gasteiger partial charge in [-0.15, -0.1) is 0 Å². The van der Waals surface area contributed by atoms with E-state index in [0.29, 0.717) is 12.2 Å². The normalized spacial score (nSPS) is 26.0. The van der Waals surface area contributed by atoms with Gasteiger partial charge in [0.15, 0.2) is 0 Å². The van der Waals surface area contributed by atoms with E-state index in [0.717, 1.165) is 0 Å². The van der Waals surface area contributed by atoms with Gasteiger partial charge in [-0.2, -0.15) is 0 Å². The molecule has 68 valence electrons. The van der Waals surface area contributed by atoms with E-state index in [4.69, 9.17) is 4.74 Å². The Morgan fingerprint density at radius 1 is 0.667 bits per heavy atom. The van der Waals surface area contributed by atoms with Crippen LogP contribution in [-0.4, -0.2) is 12.2 Å². The molecule has 2 heteroatoms. The van der Waals surface area contributed by atoms with Crippen LogP contribution < -0.4 is 0 Å². The van der Waals surface area contributed by atoms with Gasteiger partial charge in [-0.25, -0.2) is 0 Å². The fourth-order valence-electron chi connectivity index (χ4n) is 2.32. The number of rotatable bonds is 2. The van der Waals surface area contributed by atoms with E-state index in [-0.39, 0.29) is 21.7 Å². The van der Waals surface area contributed by atoms with Crippen molar-refractivity contribution in [3.05, 3.63) is 0 Å². The van der Waals surface area contributed by atoms with E-state index in [9.17, 15) is 0 Å². The molecule has 0 aromatic heterocycles. The molecule has 1 nitrogen and oxygen atoms in total. The summed E-state index contributed by atoms with van der Waals surface area (Å²) >= 11 is 0. The Hall–Kier alpha value is 0.674. The van der Waals surface area contributed by atoms with Crippen molar-refractivity contribution in [2.45, 2.75) is 63.6 Å². The van der Waals surface area contributed by atoms with Crippen LogP contribution in [0.3, 0.4) is 0 Å². The van der Waals surface area contributed by atoms with Crippen LogP contribution in [0.2, 0.25) is 0 Å². The van der Waals surface area contributed by atoms with Gasteiger partial charge in [-0.3, -0.25) is 0 Å². The van der Waals surface area contributed by atoms with E-state index >= 15 is 0 Å². The molecule has 0 aliphatic heterocycles. The number of hydrogen-bond acceptors (Lipinski definition) is 1. The maximum Gasteiger partial charge on any atom is 0.0578 e. The fraction of sp³-hybridized carbons (Fsp3) is 1.00. The molecule has 0 spiro atoms. The maximum atomic E-state index is 5.97. The van der Waals surface area contributed by atoms with Gasteiger partial charge in [0.1, 0.15) is 0 Å². The molecule has 12 heavy (non-hydrogen) atoms. The molecule has 2 aliphatic carbocycles. The van der Waals surface area contributed by atoms with Crippen LogP contribution in [0.15, 0.2) is 0 Å². The molecular formula is C10H18OTi. The van der Waals surface area contributed by atoms with Crippen molar-refractivity contribution < 1.29 is 26.5 Å². The molecule has 0 aromatic rings. The largest absolute Gasteiger partial charge is 0.375 e. The minimum absolute atomic E-state index is 0. The molecule has 0 bridgehead atoms. The quantitative estimate of drug-likeness (QED) is 0.625. The van der Waals surface area contributed by atoms with Gasteiger partial charge >= 0.3 is 0 Å². The first kappa shape index (κ1) is 10.8. The molecule has 0 N–H and O–H groups in total. The summed E-state index contributed by atoms with van der Waals surface area (Å²) in [7, 11) is 0. The van der Waals surface area contributed by atoms with Crippen LogP contribution in [0.5, 0.6) is 0 Å². The van der Waals surface area contributed by atoms with Gasteiger partial charge in [0.25, 0.3) is 0 Å². The van der Waals surface area contributed by atoms with E-state index in [1.54, 1.807) is 0 Å². The van der Waals surface area contributed by atoms with E-state index in [2.05, 4.69) is 0 Å². The summed E-state index contributed by atoms with van der Waals surface area (Å²) in [4.78, 5) is 0. The fourth-order valence-corrected chi connectivity index (χ4v) is 2.32. The monoisotopic (exact) mass is 202 g/mol. The summed E-state index contributed by atoms with van der Waals surface area (Å²) in [6.07, 6.45) is 12.2. The van der Waals surface area contributed by atoms with Crippen molar-refractivity contribution in [1.29, 1.82) is 0 Å². The molecule has 2 saturated carbocycles. The summed E-state index contributed by atoms with van der Waals surface area (Å²) in [5.74, 6) is 0. The van der Waals surface area contributed by atoms with E-state index in [1.165, 1.54) is 51.4 Å². The van der Waals surface area contributed by atoms with Gasteiger partial charge in [0, 0.05) is 21.7 Å². The molecule has 2 rings (SSSR count). The second kappa shape index (κ2) is 5.41. The Bertz CT molecular complexity index is 101. The van der Waals surface area contributed by atoms with Gasteiger partial charge in [-0.1, -0.05) is 25.7 Å². The first-order chi connectivity index (χ1) is 5.45. The third-order valence-corrected chi connectivity index (χ3v) is 2.99. The summed E-state index contributed by atoms with van der Waals surface area (Å²) in [6.45, 7) is 0. The Morgan fingerprint density at radius 2 is 1.00 bits per heavy atom. The summed E-state index contributed by atoms with van der Waals surface area (Å²) in [6, 6.07) is 0. The van der Waals surface area contributed by atoms with Gasteiger partial charge in [-0.05, 0) is 25.7 Å². The minimum Gasteiger partial charge on any atom is -0.375 e. The number of hydrogen-bond donors (Lipinski definition) is 0. The van der Waals surface area contributed by atoms with Crippen LogP contribution in [0, 0.1) is 0 Å². The van der Waals surface area contributed by atoms with Crippen LogP contribution in [0.25, 0.3) is 0 Å². The smallest absolute Gasteiger partial charge is 0.0578 e. The van der Waals surface area contributed by atoms with Crippen LogP contribution >= 0.6 is 0 Å². The molecule has 2 fully saturated rings. The average Bonchev–Trinajstić information content (AvgIpc) is 2.60. The Labute approximate surface area is 90.1 Å². The standard InChI is InChI=1S/C10H18O.Ti/c1-2-6-9(5-1)11-10-7-3-4-8-10;/h9-10H,1-8H2;. The van der Waals surface area contributed by atoms with Crippen molar-refractivity contribution in [1.82, 2.24) is 0 Å². The Kier molecular flexibility index (Phi) is 4.85. The summed E-state index contributed by atoms with van der Waals surface area (Å²) in [5.41, 5.74) is 0. The summed E-state index contributed by atoms with van der Waals surface area (Å²) in [5, 5.41) is 0. The molecule has 0 aromatic carbocycles. The molecule has 2 aliphatic rings. The predicted octanol–water partition coefficient (Wildman–Crippen LogP) is 2.89. The zero-order chi connectivity index (χ0) is 7.52. The average molecular weight is 202 g/mol. The van der Waals surface area contributed by atoms with Gasteiger partial charge in [0.05, 0.1) is 12.2 Å². The Balaban J connectivity index is 0.000000720. The molecule has 0 unspecified atom stereocenters. The first-order valence-electron chi connectivity index (χ1n) is 5.10. The van der Waals surface area contributed by atoms with Gasteiger partial charge in [0.2, 0.25) is 0 Å². The van der Waals surface area contributed by atoms with Crippen molar-refractivity contribution in [2.75, 3.05) is 0 Å². The molecule has 0 amide bonds. The van der Waals surface area contributed by atoms with Crippen molar-refractivity contribution in [3.63, 3.8) is 0 Å². The van der Waals surface area contributed by atoms with Crippen molar-refractivity contribution >= 4 is 0 Å². The van der Waals surface area contributed by atoms with Crippen molar-refractivity contribution in [3.8, 4) is 0 Å². The van der Waals surface area contributed by atoms with Crippen LogP contribution in [0.4, 0.5) is 0 Å². The molecule has 0 radical (unpaired) electrons. The predicted molar refractivity (Wildman–Crippen MR) is 45.6 cm³/mol. The number of ether oxygens (including phenoxy) is 1. The molecule has 0 heterocycles. The maximum absolute atomic E-state index is 5.97. The van der Waals surface area contributed by atoms with Crippen LogP contribution in [0.1, 0.15) is 51.4 Å². The van der Waals surface area contributed by atoms with Gasteiger partial charge < -0.3 is 4.74 Å². The molecule has 0 saturated heterocycles.